The van der Waals surface area contributed by atoms with E-state index in [2.05, 4.69) is 48.6 Å². The Morgan fingerprint density at radius 3 is 2.44 bits per heavy atom. The highest BCUT2D eigenvalue weighted by atomic mass is 14.4. The minimum atomic E-state index is 0.816. The van der Waals surface area contributed by atoms with E-state index in [-0.39, 0.29) is 0 Å². The Balaban J connectivity index is 1.87. The zero-order chi connectivity index (χ0) is 11.9. The topological polar surface area (TPSA) is 0 Å². The van der Waals surface area contributed by atoms with Crippen LogP contribution in [-0.4, -0.2) is 0 Å². The minimum Gasteiger partial charge on any atom is -0.0885 e. The molecule has 90 valence electrons. The number of hydrogen-bond donors (Lipinski definition) is 0. The molecule has 0 spiro atoms. The Labute approximate surface area is 108 Å². The quantitative estimate of drug-likeness (QED) is 0.553. The Morgan fingerprint density at radius 1 is 0.778 bits per heavy atom. The lowest BCUT2D eigenvalue weighted by molar-refractivity contribution is 0.421. The fraction of sp³-hybridized carbons (Fsp3) is 0.333. The van der Waals surface area contributed by atoms with Gasteiger partial charge in [-0.1, -0.05) is 48.6 Å². The van der Waals surface area contributed by atoms with E-state index in [0.717, 1.165) is 11.8 Å². The summed E-state index contributed by atoms with van der Waals surface area (Å²) in [6.07, 6.45) is 9.93. The first-order valence-corrected chi connectivity index (χ1v) is 7.12. The van der Waals surface area contributed by atoms with Crippen molar-refractivity contribution in [3.8, 4) is 0 Å². The molecule has 0 N–H and O–H groups in total. The van der Waals surface area contributed by atoms with Gasteiger partial charge >= 0.3 is 0 Å². The molecular formula is C18H18. The summed E-state index contributed by atoms with van der Waals surface area (Å²) in [5, 5.41) is 2.91. The van der Waals surface area contributed by atoms with Gasteiger partial charge < -0.3 is 0 Å². The fourth-order valence-corrected chi connectivity index (χ4v) is 3.86. The first-order valence-electron chi connectivity index (χ1n) is 7.12. The molecule has 0 radical (unpaired) electrons. The molecule has 0 saturated heterocycles. The maximum absolute atomic E-state index is 2.38. The number of rotatable bonds is 0. The van der Waals surface area contributed by atoms with Crippen LogP contribution < -0.4 is 0 Å². The average molecular weight is 234 g/mol. The predicted molar refractivity (Wildman–Crippen MR) is 77.0 cm³/mol. The van der Waals surface area contributed by atoms with Crippen molar-refractivity contribution >= 4 is 10.8 Å². The predicted octanol–water partition coefficient (Wildman–Crippen LogP) is 5.15. The first-order chi connectivity index (χ1) is 8.95. The highest BCUT2D eigenvalue weighted by Gasteiger charge is 2.37. The monoisotopic (exact) mass is 234 g/mol. The maximum atomic E-state index is 2.38. The molecule has 0 aromatic heterocycles. The molecule has 0 fully saturated rings. The molecule has 2 aliphatic carbocycles. The van der Waals surface area contributed by atoms with E-state index in [1.165, 1.54) is 36.5 Å². The lowest BCUT2D eigenvalue weighted by atomic mass is 9.62. The zero-order valence-corrected chi connectivity index (χ0v) is 10.6. The lowest BCUT2D eigenvalue weighted by Gasteiger charge is -2.41. The second-order valence-electron chi connectivity index (χ2n) is 5.63. The maximum Gasteiger partial charge on any atom is -0.00809 e. The van der Waals surface area contributed by atoms with E-state index < -0.39 is 0 Å². The van der Waals surface area contributed by atoms with Gasteiger partial charge in [0, 0.05) is 0 Å². The van der Waals surface area contributed by atoms with Crippen LogP contribution >= 0.6 is 0 Å². The Kier molecular flexibility index (Phi) is 2.29. The van der Waals surface area contributed by atoms with Gasteiger partial charge in [0.25, 0.3) is 0 Å². The van der Waals surface area contributed by atoms with Gasteiger partial charge in [-0.25, -0.2) is 0 Å². The number of benzene rings is 2. The fourth-order valence-electron chi connectivity index (χ4n) is 3.86. The van der Waals surface area contributed by atoms with Crippen molar-refractivity contribution in [2.45, 2.75) is 37.5 Å². The van der Waals surface area contributed by atoms with Crippen LogP contribution in [0.1, 0.15) is 48.6 Å². The molecule has 0 unspecified atom stereocenters. The van der Waals surface area contributed by atoms with Gasteiger partial charge in [0.1, 0.15) is 0 Å². The molecule has 0 heterocycles. The van der Waals surface area contributed by atoms with Crippen molar-refractivity contribution in [1.82, 2.24) is 0 Å². The smallest absolute Gasteiger partial charge is 0.00809 e. The summed E-state index contributed by atoms with van der Waals surface area (Å²) in [5.41, 5.74) is 3.29. The third-order valence-corrected chi connectivity index (χ3v) is 4.72. The number of allylic oxidation sites excluding steroid dienone is 2. The summed E-state index contributed by atoms with van der Waals surface area (Å²) in [7, 11) is 0. The van der Waals surface area contributed by atoms with Crippen LogP contribution in [0.2, 0.25) is 0 Å². The van der Waals surface area contributed by atoms with Crippen LogP contribution in [0.25, 0.3) is 10.8 Å². The van der Waals surface area contributed by atoms with Gasteiger partial charge in [0.05, 0.1) is 0 Å². The van der Waals surface area contributed by atoms with Gasteiger partial charge in [-0.05, 0) is 59.4 Å². The van der Waals surface area contributed by atoms with E-state index in [9.17, 15) is 0 Å². The van der Waals surface area contributed by atoms with Crippen molar-refractivity contribution in [3.63, 3.8) is 0 Å². The van der Waals surface area contributed by atoms with Crippen LogP contribution in [0.5, 0.6) is 0 Å². The molecular weight excluding hydrogens is 216 g/mol. The second-order valence-corrected chi connectivity index (χ2v) is 5.63. The van der Waals surface area contributed by atoms with Crippen LogP contribution in [0, 0.1) is 0 Å². The van der Waals surface area contributed by atoms with Crippen LogP contribution in [0.4, 0.5) is 0 Å². The molecule has 2 aromatic carbocycles. The van der Waals surface area contributed by atoms with Gasteiger partial charge in [0.2, 0.25) is 0 Å². The average Bonchev–Trinajstić information content (AvgIpc) is 2.37. The largest absolute Gasteiger partial charge is 0.0885 e. The van der Waals surface area contributed by atoms with Gasteiger partial charge in [-0.3, -0.25) is 0 Å². The molecule has 0 amide bonds. The molecule has 0 saturated carbocycles. The van der Waals surface area contributed by atoms with Crippen molar-refractivity contribution in [2.24, 2.45) is 0 Å². The Hall–Kier alpha value is -1.56. The molecule has 2 aliphatic rings. The summed E-state index contributed by atoms with van der Waals surface area (Å²) in [6, 6.07) is 13.6. The SMILES string of the molecule is C1=C\CC[C@H]2c3ccc4ccccc4c3[C@H]2CC/1. The van der Waals surface area contributed by atoms with Gasteiger partial charge in [-0.2, -0.15) is 0 Å². The van der Waals surface area contributed by atoms with Crippen molar-refractivity contribution in [3.05, 3.63) is 59.7 Å². The zero-order valence-electron chi connectivity index (χ0n) is 10.6. The van der Waals surface area contributed by atoms with Crippen LogP contribution in [0.3, 0.4) is 0 Å². The van der Waals surface area contributed by atoms with E-state index in [1.807, 2.05) is 0 Å². The third-order valence-electron chi connectivity index (χ3n) is 4.72. The number of fused-ring (bicyclic) bond motifs is 6. The van der Waals surface area contributed by atoms with E-state index in [0.29, 0.717) is 0 Å². The molecule has 2 aromatic rings. The van der Waals surface area contributed by atoms with Gasteiger partial charge in [0.15, 0.2) is 0 Å². The molecule has 0 nitrogen and oxygen atoms in total. The third kappa shape index (κ3) is 1.38. The molecule has 18 heavy (non-hydrogen) atoms. The number of hydrogen-bond acceptors (Lipinski definition) is 0. The molecule has 0 heteroatoms. The minimum absolute atomic E-state index is 0.816. The van der Waals surface area contributed by atoms with E-state index >= 15 is 0 Å². The van der Waals surface area contributed by atoms with E-state index in [1.54, 1.807) is 11.1 Å². The standard InChI is InChI=1S/C18H18/c1-2-4-10-16-15(9-3-1)17-12-11-13-7-5-6-8-14(13)18(16)17/h1-2,5-8,11-12,15-16H,3-4,9-10H2/b2-1-/t15-,16+/m1/s1. The molecule has 0 bridgehead atoms. The summed E-state index contributed by atoms with van der Waals surface area (Å²) in [4.78, 5) is 0. The van der Waals surface area contributed by atoms with E-state index in [4.69, 9.17) is 0 Å². The van der Waals surface area contributed by atoms with Gasteiger partial charge in [-0.15, -0.1) is 0 Å². The van der Waals surface area contributed by atoms with Crippen LogP contribution in [-0.2, 0) is 0 Å². The molecule has 0 aliphatic heterocycles. The Morgan fingerprint density at radius 2 is 1.56 bits per heavy atom. The second kappa shape index (κ2) is 3.98. The lowest BCUT2D eigenvalue weighted by Crippen LogP contribution is -2.25. The Bertz CT molecular complexity index is 621. The molecule has 4 rings (SSSR count). The summed E-state index contributed by atoms with van der Waals surface area (Å²) in [6.45, 7) is 0. The highest BCUT2D eigenvalue weighted by molar-refractivity contribution is 5.89. The van der Waals surface area contributed by atoms with Crippen molar-refractivity contribution < 1.29 is 0 Å². The van der Waals surface area contributed by atoms with Crippen LogP contribution in [0.15, 0.2) is 48.6 Å². The summed E-state index contributed by atoms with van der Waals surface area (Å²) in [5.74, 6) is 1.64. The van der Waals surface area contributed by atoms with Crippen molar-refractivity contribution in [2.75, 3.05) is 0 Å². The summed E-state index contributed by atoms with van der Waals surface area (Å²) >= 11 is 0. The summed E-state index contributed by atoms with van der Waals surface area (Å²) < 4.78 is 0. The van der Waals surface area contributed by atoms with Crippen molar-refractivity contribution in [1.29, 1.82) is 0 Å². The molecule has 2 atom stereocenters. The normalized spacial score (nSPS) is 27.6. The first kappa shape index (κ1) is 10.4. The highest BCUT2D eigenvalue weighted by Crippen LogP contribution is 2.54.